The molecule has 0 spiro atoms. The number of hydrogen-bond donors (Lipinski definition) is 4. The molecule has 3 aliphatic heterocycles. The molecule has 3 heterocycles. The Morgan fingerprint density at radius 2 is 2.24 bits per heavy atom. The number of alkyl halides is 2. The fourth-order valence-corrected chi connectivity index (χ4v) is 6.92. The molecule has 11 heteroatoms. The summed E-state index contributed by atoms with van der Waals surface area (Å²) in [5, 5.41) is 19.2. The van der Waals surface area contributed by atoms with E-state index >= 15 is 0 Å². The molecule has 0 amide bonds. The van der Waals surface area contributed by atoms with Crippen LogP contribution in [-0.4, -0.2) is 54.3 Å². The van der Waals surface area contributed by atoms with E-state index in [4.69, 9.17) is 16.2 Å². The van der Waals surface area contributed by atoms with Gasteiger partial charge in [0.15, 0.2) is 0 Å². The van der Waals surface area contributed by atoms with Crippen molar-refractivity contribution < 1.29 is 19.3 Å². The summed E-state index contributed by atoms with van der Waals surface area (Å²) in [6, 6.07) is 0. The number of nitrogens with zero attached hydrogens (tertiary/aromatic N) is 3. The molecule has 0 bridgehead atoms. The molecule has 0 aromatic carbocycles. The van der Waals surface area contributed by atoms with Gasteiger partial charge in [-0.25, -0.2) is 0 Å². The third-order valence-electron chi connectivity index (χ3n) is 3.14. The second-order valence-electron chi connectivity index (χ2n) is 4.51. The van der Waals surface area contributed by atoms with Gasteiger partial charge in [-0.05, 0) is 0 Å². The van der Waals surface area contributed by atoms with Crippen LogP contribution in [0.2, 0.25) is 0 Å². The molecule has 6 N–H and O–H groups in total. The van der Waals surface area contributed by atoms with Gasteiger partial charge in [-0.2, -0.15) is 0 Å². The van der Waals surface area contributed by atoms with E-state index in [1.165, 1.54) is 6.20 Å². The predicted octanol–water partition coefficient (Wildman–Crippen LogP) is -0.432. The number of hydrogen-bond acceptors (Lipinski definition) is 8. The van der Waals surface area contributed by atoms with Crippen molar-refractivity contribution in [3.05, 3.63) is 9.78 Å². The first-order valence-electron chi connectivity index (χ1n) is 5.83. The fourth-order valence-electron chi connectivity index (χ4n) is 2.10. The average molecular weight is 523 g/mol. The minimum atomic E-state index is -2.45. The zero-order valence-corrected chi connectivity index (χ0v) is 14.8. The first-order valence-corrected chi connectivity index (χ1v) is 10.0. The monoisotopic (exact) mass is 523 g/mol. The molecular formula is C10H12FI2N5O3. The Morgan fingerprint density at radius 3 is 2.86 bits per heavy atom. The van der Waals surface area contributed by atoms with Crippen LogP contribution in [0.3, 0.4) is 0 Å². The number of nitrogens with two attached hydrogens (primary N) is 2. The topological polar surface area (TPSA) is 139 Å². The molecular weight excluding hydrogens is 511 g/mol. The third kappa shape index (κ3) is 2.38. The van der Waals surface area contributed by atoms with Gasteiger partial charge < -0.3 is 0 Å². The summed E-state index contributed by atoms with van der Waals surface area (Å²) < 4.78 is 23.9. The van der Waals surface area contributed by atoms with E-state index in [2.05, 4.69) is 13.2 Å². The Morgan fingerprint density at radius 1 is 1.52 bits per heavy atom. The molecule has 21 heavy (non-hydrogen) atoms. The third-order valence-corrected chi connectivity index (χ3v) is 9.22. The first-order chi connectivity index (χ1) is 9.87. The van der Waals surface area contributed by atoms with Crippen molar-refractivity contribution in [2.75, 3.05) is 6.61 Å². The summed E-state index contributed by atoms with van der Waals surface area (Å²) in [5.41, 5.74) is 11.3. The van der Waals surface area contributed by atoms with Crippen molar-refractivity contribution >= 4 is 58.2 Å². The number of guanidine groups is 1. The molecule has 0 aromatic rings. The second kappa shape index (κ2) is 5.36. The molecule has 3 rings (SSSR count). The summed E-state index contributed by atoms with van der Waals surface area (Å²) in [5.74, 6) is 0.233. The number of aliphatic hydroxyl groups excluding tert-OH is 2. The minimum absolute atomic E-state index is 0.0429. The van der Waals surface area contributed by atoms with Gasteiger partial charge in [0.25, 0.3) is 0 Å². The van der Waals surface area contributed by atoms with E-state index in [1.54, 1.807) is 22.6 Å². The Kier molecular flexibility index (Phi) is 3.96. The van der Waals surface area contributed by atoms with Crippen molar-refractivity contribution in [1.29, 1.82) is 0 Å². The van der Waals surface area contributed by atoms with E-state index in [-0.39, 0.29) is 11.8 Å². The number of amidine groups is 1. The van der Waals surface area contributed by atoms with E-state index in [9.17, 15) is 14.6 Å². The van der Waals surface area contributed by atoms with Crippen molar-refractivity contribution in [3.8, 4) is 0 Å². The van der Waals surface area contributed by atoms with Crippen LogP contribution >= 0.6 is 42.7 Å². The molecule has 3 aliphatic rings. The molecule has 1 fully saturated rings. The zero-order chi connectivity index (χ0) is 15.4. The molecule has 0 aliphatic carbocycles. The quantitative estimate of drug-likeness (QED) is 0.288. The van der Waals surface area contributed by atoms with E-state index in [0.717, 1.165) is 0 Å². The average Bonchev–Trinajstić information content (AvgIpc) is 2.95. The van der Waals surface area contributed by atoms with Crippen LogP contribution in [0, 0.1) is 0 Å². The molecule has 1 unspecified atom stereocenters. The van der Waals surface area contributed by atoms with Crippen LogP contribution in [0.4, 0.5) is 4.39 Å². The van der Waals surface area contributed by atoms with Crippen LogP contribution in [0.5, 0.6) is 0 Å². The van der Waals surface area contributed by atoms with Crippen molar-refractivity contribution in [1.82, 2.24) is 0 Å². The number of aliphatic imine (C=N–C) groups is 2. The fraction of sp³-hybridized carbons (Fsp3) is 0.500. The Labute approximate surface area is 140 Å². The Hall–Kier alpha value is -0.380. The Bertz CT molecular complexity index is 610. The van der Waals surface area contributed by atoms with Gasteiger partial charge in [0.05, 0.1) is 0 Å². The molecule has 0 saturated carbocycles. The summed E-state index contributed by atoms with van der Waals surface area (Å²) in [4.78, 5) is 7.98. The number of rotatable bonds is 2. The van der Waals surface area contributed by atoms with Gasteiger partial charge in [-0.3, -0.25) is 0 Å². The summed E-state index contributed by atoms with van der Waals surface area (Å²) in [7, 11) is 0. The summed E-state index contributed by atoms with van der Waals surface area (Å²) in [6.07, 6.45) is -2.67. The maximum absolute atomic E-state index is 14.4. The van der Waals surface area contributed by atoms with Gasteiger partial charge in [-0.15, -0.1) is 0 Å². The van der Waals surface area contributed by atoms with Crippen LogP contribution < -0.4 is 11.5 Å². The zero-order valence-electron chi connectivity index (χ0n) is 10.4. The van der Waals surface area contributed by atoms with Crippen molar-refractivity contribution in [2.24, 2.45) is 24.7 Å². The predicted molar refractivity (Wildman–Crippen MR) is 92.4 cm³/mol. The van der Waals surface area contributed by atoms with Gasteiger partial charge in [-0.1, -0.05) is 0 Å². The van der Waals surface area contributed by atoms with Crippen LogP contribution in [0.25, 0.3) is 0 Å². The van der Waals surface area contributed by atoms with Gasteiger partial charge in [0.2, 0.25) is 0 Å². The molecule has 0 radical (unpaired) electrons. The second-order valence-corrected chi connectivity index (χ2v) is 10.6. The van der Waals surface area contributed by atoms with Crippen LogP contribution in [0.15, 0.2) is 23.0 Å². The van der Waals surface area contributed by atoms with Gasteiger partial charge in [0.1, 0.15) is 0 Å². The van der Waals surface area contributed by atoms with Gasteiger partial charge in [0, 0.05) is 0 Å². The molecule has 0 aromatic heterocycles. The number of halogens is 3. The van der Waals surface area contributed by atoms with Crippen molar-refractivity contribution in [3.63, 3.8) is 0 Å². The van der Waals surface area contributed by atoms with Crippen LogP contribution in [-0.2, 0) is 4.74 Å². The number of ether oxygens (including phenoxy) is 1. The first kappa shape index (κ1) is 15.5. The van der Waals surface area contributed by atoms with E-state index in [0.29, 0.717) is 7.30 Å². The summed E-state index contributed by atoms with van der Waals surface area (Å²) in [6.45, 7) is -0.504. The van der Waals surface area contributed by atoms with E-state index in [1.807, 2.05) is 0 Å². The van der Waals surface area contributed by atoms with Crippen LogP contribution in [0.1, 0.15) is 0 Å². The van der Waals surface area contributed by atoms with Crippen molar-refractivity contribution in [2.45, 2.75) is 22.0 Å². The normalized spacial score (nSPS) is 40.4. The molecule has 4 atom stereocenters. The van der Waals surface area contributed by atoms with Gasteiger partial charge >= 0.3 is 141 Å². The maximum atomic E-state index is 14.4. The number of fused-ring (bicyclic) bond motifs is 1. The summed E-state index contributed by atoms with van der Waals surface area (Å²) >= 11 is -0.742. The standard InChI is InChI=1S/C10H12FI2N5O3/c11-4-5(21-10(12,2-19)6(4)20)3-1-16-7-8(14)17-9(15)18-13(3)7/h1,4-6,19-20H,2H2,(H4,14,15,17,18)/t4-,5+,6?,10-/m1/s1. The molecule has 8 nitrogen and oxygen atoms in total. The Balaban J connectivity index is 1.89. The number of aliphatic hydroxyl groups is 2. The van der Waals surface area contributed by atoms with E-state index < -0.39 is 48.7 Å². The molecule has 116 valence electrons. The molecule has 1 saturated heterocycles. The SMILES string of the molecule is NC1=NI2C([C@@H]3O[C@](I)(CO)C(O)[C@@H]3F)=CN=C2C(N)=N1.